The Hall–Kier alpha value is -1.86. The van der Waals surface area contributed by atoms with Crippen molar-refractivity contribution in [2.24, 2.45) is 0 Å². The minimum absolute atomic E-state index is 0.0980. The van der Waals surface area contributed by atoms with Gasteiger partial charge in [-0.25, -0.2) is 4.39 Å². The number of amides is 2. The van der Waals surface area contributed by atoms with Crippen molar-refractivity contribution < 1.29 is 14.0 Å². The molecule has 2 aromatic carbocycles. The fraction of sp³-hybridized carbons (Fsp3) is 0.364. The van der Waals surface area contributed by atoms with Gasteiger partial charge in [-0.1, -0.05) is 47.1 Å². The van der Waals surface area contributed by atoms with Crippen LogP contribution in [0.2, 0.25) is 0 Å². The van der Waals surface area contributed by atoms with Crippen LogP contribution < -0.4 is 5.32 Å². The van der Waals surface area contributed by atoms with Gasteiger partial charge in [-0.3, -0.25) is 9.59 Å². The second-order valence-electron chi connectivity index (χ2n) is 6.73. The van der Waals surface area contributed by atoms with E-state index in [-0.39, 0.29) is 23.4 Å². The van der Waals surface area contributed by atoms with E-state index in [4.69, 9.17) is 0 Å². The lowest BCUT2D eigenvalue weighted by Crippen LogP contribution is -2.48. The predicted octanol–water partition coefficient (Wildman–Crippen LogP) is 4.76. The summed E-state index contributed by atoms with van der Waals surface area (Å²) in [4.78, 5) is 27.0. The summed E-state index contributed by atoms with van der Waals surface area (Å²) in [5, 5.41) is 2.87. The molecule has 0 aromatic heterocycles. The summed E-state index contributed by atoms with van der Waals surface area (Å²) in [5.74, 6) is 0.330. The van der Waals surface area contributed by atoms with E-state index in [2.05, 4.69) is 21.2 Å². The Balaban J connectivity index is 2.03. The Labute approximate surface area is 184 Å². The Morgan fingerprint density at radius 3 is 2.34 bits per heavy atom. The second-order valence-corrected chi connectivity index (χ2v) is 8.64. The van der Waals surface area contributed by atoms with Crippen molar-refractivity contribution >= 4 is 39.5 Å². The summed E-state index contributed by atoms with van der Waals surface area (Å²) < 4.78 is 14.0. The Bertz CT molecular complexity index is 799. The van der Waals surface area contributed by atoms with Crippen molar-refractivity contribution in [3.8, 4) is 0 Å². The molecule has 0 bridgehead atoms. The average molecular weight is 481 g/mol. The molecule has 0 saturated carbocycles. The molecule has 0 saturated heterocycles. The molecule has 0 aliphatic rings. The van der Waals surface area contributed by atoms with Crippen LogP contribution in [-0.2, 0) is 21.9 Å². The molecule has 0 aliphatic heterocycles. The van der Waals surface area contributed by atoms with Crippen molar-refractivity contribution in [3.05, 3.63) is 69.9 Å². The largest absolute Gasteiger partial charge is 0.354 e. The summed E-state index contributed by atoms with van der Waals surface area (Å²) in [6.07, 6.45) is 0.840. The molecule has 1 N–H and O–H groups in total. The lowest BCUT2D eigenvalue weighted by molar-refractivity contribution is -0.138. The normalized spacial score (nSPS) is 11.7. The number of carbonyl (C=O) groups excluding carboxylic acids is 2. The highest BCUT2D eigenvalue weighted by atomic mass is 79.9. The topological polar surface area (TPSA) is 49.4 Å². The van der Waals surface area contributed by atoms with Crippen LogP contribution in [0.4, 0.5) is 4.39 Å². The first kappa shape index (κ1) is 23.4. The first-order valence-corrected chi connectivity index (χ1v) is 11.5. The van der Waals surface area contributed by atoms with E-state index < -0.39 is 6.04 Å². The van der Waals surface area contributed by atoms with Crippen molar-refractivity contribution in [1.29, 1.82) is 0 Å². The molecule has 4 nitrogen and oxygen atoms in total. The van der Waals surface area contributed by atoms with Crippen molar-refractivity contribution in [1.82, 2.24) is 10.2 Å². The predicted molar refractivity (Wildman–Crippen MR) is 120 cm³/mol. The van der Waals surface area contributed by atoms with Gasteiger partial charge < -0.3 is 10.2 Å². The SMILES string of the molecule is CCCNC(=O)C(C)N(Cc1ccc(Br)cc1)C(=O)CSCc1ccc(F)cc1. The number of benzene rings is 2. The maximum absolute atomic E-state index is 13.0. The van der Waals surface area contributed by atoms with E-state index in [9.17, 15) is 14.0 Å². The highest BCUT2D eigenvalue weighted by Gasteiger charge is 2.25. The highest BCUT2D eigenvalue weighted by molar-refractivity contribution is 9.10. The second kappa shape index (κ2) is 12.0. The van der Waals surface area contributed by atoms with Gasteiger partial charge in [0.15, 0.2) is 0 Å². The van der Waals surface area contributed by atoms with Gasteiger partial charge >= 0.3 is 0 Å². The molecule has 0 heterocycles. The number of hydrogen-bond donors (Lipinski definition) is 1. The van der Waals surface area contributed by atoms with Crippen LogP contribution in [0.3, 0.4) is 0 Å². The van der Waals surface area contributed by atoms with Gasteiger partial charge in [0.2, 0.25) is 11.8 Å². The standard InChI is InChI=1S/C22H26BrFN2O2S/c1-3-12-25-22(28)16(2)26(13-17-4-8-19(23)9-5-17)21(27)15-29-14-18-6-10-20(24)11-7-18/h4-11,16H,3,12-15H2,1-2H3,(H,25,28). The maximum atomic E-state index is 13.0. The monoisotopic (exact) mass is 480 g/mol. The number of hydrogen-bond acceptors (Lipinski definition) is 3. The molecule has 2 aromatic rings. The van der Waals surface area contributed by atoms with E-state index in [0.29, 0.717) is 18.8 Å². The maximum Gasteiger partial charge on any atom is 0.242 e. The number of carbonyl (C=O) groups is 2. The van der Waals surface area contributed by atoms with Crippen molar-refractivity contribution in [2.45, 2.75) is 38.6 Å². The van der Waals surface area contributed by atoms with Gasteiger partial charge in [-0.15, -0.1) is 11.8 Å². The summed E-state index contributed by atoms with van der Waals surface area (Å²) in [6.45, 7) is 4.70. The number of rotatable bonds is 10. The van der Waals surface area contributed by atoms with Gasteiger partial charge in [0.1, 0.15) is 11.9 Å². The van der Waals surface area contributed by atoms with Crippen molar-refractivity contribution in [3.63, 3.8) is 0 Å². The zero-order valence-corrected chi connectivity index (χ0v) is 19.1. The Morgan fingerprint density at radius 1 is 1.10 bits per heavy atom. The third-order valence-electron chi connectivity index (χ3n) is 4.39. The number of nitrogens with one attached hydrogen (secondary N) is 1. The third-order valence-corrected chi connectivity index (χ3v) is 5.91. The zero-order chi connectivity index (χ0) is 21.2. The molecular formula is C22H26BrFN2O2S. The van der Waals surface area contributed by atoms with Crippen LogP contribution in [0.15, 0.2) is 53.0 Å². The van der Waals surface area contributed by atoms with Gasteiger partial charge in [0.25, 0.3) is 0 Å². The van der Waals surface area contributed by atoms with Gasteiger partial charge in [-0.2, -0.15) is 0 Å². The molecule has 0 fully saturated rings. The third kappa shape index (κ3) is 7.82. The summed E-state index contributed by atoms with van der Waals surface area (Å²) in [7, 11) is 0. The molecule has 29 heavy (non-hydrogen) atoms. The first-order chi connectivity index (χ1) is 13.9. The highest BCUT2D eigenvalue weighted by Crippen LogP contribution is 2.17. The van der Waals surface area contributed by atoms with Crippen LogP contribution in [0.5, 0.6) is 0 Å². The van der Waals surface area contributed by atoms with E-state index in [0.717, 1.165) is 22.0 Å². The molecule has 1 unspecified atom stereocenters. The van der Waals surface area contributed by atoms with E-state index in [1.54, 1.807) is 24.0 Å². The lowest BCUT2D eigenvalue weighted by atomic mass is 10.1. The van der Waals surface area contributed by atoms with Crippen LogP contribution in [0.1, 0.15) is 31.4 Å². The van der Waals surface area contributed by atoms with E-state index in [1.807, 2.05) is 31.2 Å². The van der Waals surface area contributed by atoms with Gasteiger partial charge in [-0.05, 0) is 48.7 Å². The summed E-state index contributed by atoms with van der Waals surface area (Å²) in [5.41, 5.74) is 1.91. The number of halogens is 2. The molecule has 156 valence electrons. The molecule has 1 atom stereocenters. The van der Waals surface area contributed by atoms with E-state index in [1.165, 1.54) is 23.9 Å². The molecule has 0 spiro atoms. The number of nitrogens with zero attached hydrogens (tertiary/aromatic N) is 1. The summed E-state index contributed by atoms with van der Waals surface area (Å²) in [6, 6.07) is 13.4. The van der Waals surface area contributed by atoms with E-state index >= 15 is 0 Å². The Morgan fingerprint density at radius 2 is 1.72 bits per heavy atom. The van der Waals surface area contributed by atoms with Gasteiger partial charge in [0, 0.05) is 23.3 Å². The molecule has 2 rings (SSSR count). The fourth-order valence-corrected chi connectivity index (χ4v) is 3.82. The fourth-order valence-electron chi connectivity index (χ4n) is 2.68. The molecule has 7 heteroatoms. The van der Waals surface area contributed by atoms with Crippen LogP contribution in [0, 0.1) is 5.82 Å². The lowest BCUT2D eigenvalue weighted by Gasteiger charge is -2.28. The first-order valence-electron chi connectivity index (χ1n) is 9.54. The number of thioether (sulfide) groups is 1. The average Bonchev–Trinajstić information content (AvgIpc) is 2.72. The minimum atomic E-state index is -0.566. The molecular weight excluding hydrogens is 455 g/mol. The quantitative estimate of drug-likeness (QED) is 0.532. The van der Waals surface area contributed by atoms with Crippen LogP contribution in [0.25, 0.3) is 0 Å². The van der Waals surface area contributed by atoms with Gasteiger partial charge in [0.05, 0.1) is 5.75 Å². The van der Waals surface area contributed by atoms with Crippen LogP contribution >= 0.6 is 27.7 Å². The van der Waals surface area contributed by atoms with Crippen molar-refractivity contribution in [2.75, 3.05) is 12.3 Å². The molecule has 0 aliphatic carbocycles. The summed E-state index contributed by atoms with van der Waals surface area (Å²) >= 11 is 4.87. The zero-order valence-electron chi connectivity index (χ0n) is 16.7. The Kier molecular flexibility index (Phi) is 9.67. The molecule has 2 amide bonds. The van der Waals surface area contributed by atoms with Crippen LogP contribution in [-0.4, -0.2) is 35.1 Å². The smallest absolute Gasteiger partial charge is 0.242 e. The molecule has 0 radical (unpaired) electrons. The minimum Gasteiger partial charge on any atom is -0.354 e.